The van der Waals surface area contributed by atoms with Crippen molar-refractivity contribution in [1.82, 2.24) is 24.2 Å². The molecule has 0 radical (unpaired) electrons. The molecule has 0 aromatic carbocycles. The predicted molar refractivity (Wildman–Crippen MR) is 95.3 cm³/mol. The summed E-state index contributed by atoms with van der Waals surface area (Å²) in [6.07, 6.45) is 10.6. The lowest BCUT2D eigenvalue weighted by molar-refractivity contribution is 0.0706. The van der Waals surface area contributed by atoms with E-state index in [0.29, 0.717) is 12.1 Å². The number of piperidine rings is 1. The molecule has 3 aromatic rings. The van der Waals surface area contributed by atoms with Crippen LogP contribution in [0.25, 0.3) is 11.1 Å². The van der Waals surface area contributed by atoms with E-state index >= 15 is 0 Å². The molecular weight excluding hydrogens is 334 g/mol. The second-order valence-corrected chi connectivity index (χ2v) is 6.72. The number of likely N-dealkylation sites (tertiary alicyclic amines) is 1. The van der Waals surface area contributed by atoms with Crippen LogP contribution in [0.3, 0.4) is 0 Å². The lowest BCUT2D eigenvalue weighted by atomic mass is 9.90. The molecule has 0 saturated carbocycles. The molecule has 0 aliphatic carbocycles. The minimum Gasteiger partial charge on any atom is -0.338 e. The van der Waals surface area contributed by atoms with E-state index in [0.717, 1.165) is 36.2 Å². The van der Waals surface area contributed by atoms with Gasteiger partial charge in [-0.15, -0.1) is 0 Å². The van der Waals surface area contributed by atoms with Crippen molar-refractivity contribution in [2.45, 2.75) is 18.8 Å². The van der Waals surface area contributed by atoms with Gasteiger partial charge in [0.15, 0.2) is 0 Å². The van der Waals surface area contributed by atoms with Crippen molar-refractivity contribution in [3.63, 3.8) is 0 Å². The summed E-state index contributed by atoms with van der Waals surface area (Å²) in [6, 6.07) is 3.93. The molecule has 1 fully saturated rings. The van der Waals surface area contributed by atoms with Gasteiger partial charge >= 0.3 is 0 Å². The van der Waals surface area contributed by atoms with E-state index in [-0.39, 0.29) is 11.8 Å². The van der Waals surface area contributed by atoms with E-state index < -0.39 is 0 Å². The zero-order valence-corrected chi connectivity index (χ0v) is 14.4. The summed E-state index contributed by atoms with van der Waals surface area (Å²) in [5.41, 5.74) is 3.74. The quantitative estimate of drug-likeness (QED) is 0.725. The Hall–Kier alpha value is -2.67. The maximum absolute atomic E-state index is 12.6. The Morgan fingerprint density at radius 3 is 2.88 bits per heavy atom. The third-order valence-electron chi connectivity index (χ3n) is 4.51. The van der Waals surface area contributed by atoms with Crippen molar-refractivity contribution >= 4 is 17.4 Å². The standard InChI is InChI=1S/C18H17N5OS/c24-18(15-8-22-25-11-15)23-7-1-2-14(10-23)17-16(9-20-12-21-17)13-3-5-19-6-4-13/h3-6,8-9,11-12,14H,1-2,7,10H2/t14-/m0/s1. The van der Waals surface area contributed by atoms with Crippen LogP contribution in [0.15, 0.2) is 48.6 Å². The fourth-order valence-corrected chi connectivity index (χ4v) is 3.81. The van der Waals surface area contributed by atoms with Crippen LogP contribution in [0.4, 0.5) is 0 Å². The van der Waals surface area contributed by atoms with E-state index in [2.05, 4.69) is 19.3 Å². The molecule has 0 unspecified atom stereocenters. The predicted octanol–water partition coefficient (Wildman–Crippen LogP) is 3.01. The second-order valence-electron chi connectivity index (χ2n) is 6.06. The Kier molecular flexibility index (Phi) is 4.47. The third-order valence-corrected chi connectivity index (χ3v) is 5.10. The third kappa shape index (κ3) is 3.28. The van der Waals surface area contributed by atoms with Crippen LogP contribution in [-0.4, -0.2) is 43.2 Å². The van der Waals surface area contributed by atoms with E-state index in [1.807, 2.05) is 23.2 Å². The fraction of sp³-hybridized carbons (Fsp3) is 0.278. The van der Waals surface area contributed by atoms with Gasteiger partial charge in [0.2, 0.25) is 0 Å². The van der Waals surface area contributed by atoms with E-state index in [1.165, 1.54) is 11.5 Å². The number of hydrogen-bond donors (Lipinski definition) is 0. The van der Waals surface area contributed by atoms with Crippen molar-refractivity contribution in [2.24, 2.45) is 0 Å². The summed E-state index contributed by atoms with van der Waals surface area (Å²) in [6.45, 7) is 1.45. The largest absolute Gasteiger partial charge is 0.338 e. The monoisotopic (exact) mass is 351 g/mol. The SMILES string of the molecule is O=C(c1cnsc1)N1CCC[C@H](c2ncncc2-c2ccncc2)C1. The van der Waals surface area contributed by atoms with Crippen molar-refractivity contribution in [1.29, 1.82) is 0 Å². The van der Waals surface area contributed by atoms with Gasteiger partial charge in [-0.3, -0.25) is 9.78 Å². The number of rotatable bonds is 3. The van der Waals surface area contributed by atoms with Gasteiger partial charge in [-0.1, -0.05) is 0 Å². The highest BCUT2D eigenvalue weighted by Gasteiger charge is 2.28. The van der Waals surface area contributed by atoms with Gasteiger partial charge in [-0.2, -0.15) is 0 Å². The smallest absolute Gasteiger partial charge is 0.256 e. The highest BCUT2D eigenvalue weighted by atomic mass is 32.1. The molecule has 0 bridgehead atoms. The molecule has 4 heterocycles. The van der Waals surface area contributed by atoms with Gasteiger partial charge in [-0.25, -0.2) is 14.3 Å². The number of hydrogen-bond acceptors (Lipinski definition) is 6. The highest BCUT2D eigenvalue weighted by molar-refractivity contribution is 7.03. The number of amides is 1. The van der Waals surface area contributed by atoms with Crippen LogP contribution in [0.2, 0.25) is 0 Å². The highest BCUT2D eigenvalue weighted by Crippen LogP contribution is 2.32. The Bertz CT molecular complexity index is 853. The van der Waals surface area contributed by atoms with Crippen LogP contribution in [0.5, 0.6) is 0 Å². The Morgan fingerprint density at radius 1 is 1.20 bits per heavy atom. The van der Waals surface area contributed by atoms with Crippen molar-refractivity contribution in [2.75, 3.05) is 13.1 Å². The van der Waals surface area contributed by atoms with Gasteiger partial charge in [0, 0.05) is 48.5 Å². The molecular formula is C18H17N5OS. The summed E-state index contributed by atoms with van der Waals surface area (Å²) in [5.74, 6) is 0.258. The van der Waals surface area contributed by atoms with E-state index in [4.69, 9.17) is 0 Å². The number of nitrogens with zero attached hydrogens (tertiary/aromatic N) is 5. The first-order valence-corrected chi connectivity index (χ1v) is 9.05. The summed E-state index contributed by atoms with van der Waals surface area (Å²) >= 11 is 1.30. The van der Waals surface area contributed by atoms with E-state index in [9.17, 15) is 4.79 Å². The van der Waals surface area contributed by atoms with Gasteiger partial charge < -0.3 is 4.90 Å². The van der Waals surface area contributed by atoms with Crippen LogP contribution in [0, 0.1) is 0 Å². The summed E-state index contributed by atoms with van der Waals surface area (Å²) < 4.78 is 4.04. The number of pyridine rings is 1. The molecule has 1 saturated heterocycles. The molecule has 3 aromatic heterocycles. The van der Waals surface area contributed by atoms with Crippen LogP contribution in [-0.2, 0) is 0 Å². The average Bonchev–Trinajstić information content (AvgIpc) is 3.23. The van der Waals surface area contributed by atoms with Crippen molar-refractivity contribution < 1.29 is 4.79 Å². The topological polar surface area (TPSA) is 71.9 Å². The summed E-state index contributed by atoms with van der Waals surface area (Å²) in [7, 11) is 0. The first kappa shape index (κ1) is 15.8. The van der Waals surface area contributed by atoms with Crippen molar-refractivity contribution in [3.8, 4) is 11.1 Å². The maximum atomic E-state index is 12.6. The molecule has 0 N–H and O–H groups in total. The molecule has 7 heteroatoms. The van der Waals surface area contributed by atoms with Gasteiger partial charge in [-0.05, 0) is 42.1 Å². The molecule has 126 valence electrons. The summed E-state index contributed by atoms with van der Waals surface area (Å²) in [5, 5.41) is 1.80. The Labute approximate surface area is 149 Å². The zero-order valence-electron chi connectivity index (χ0n) is 13.6. The normalized spacial score (nSPS) is 17.4. The Morgan fingerprint density at radius 2 is 2.08 bits per heavy atom. The number of aromatic nitrogens is 4. The maximum Gasteiger partial charge on any atom is 0.256 e. The number of carbonyl (C=O) groups excluding carboxylic acids is 1. The molecule has 1 amide bonds. The lowest BCUT2D eigenvalue weighted by Crippen LogP contribution is -2.39. The van der Waals surface area contributed by atoms with Gasteiger partial charge in [0.25, 0.3) is 5.91 Å². The van der Waals surface area contributed by atoms with Crippen molar-refractivity contribution in [3.05, 3.63) is 59.9 Å². The first-order valence-electron chi connectivity index (χ1n) is 8.22. The van der Waals surface area contributed by atoms with E-state index in [1.54, 1.807) is 30.3 Å². The number of carbonyl (C=O) groups is 1. The molecule has 25 heavy (non-hydrogen) atoms. The van der Waals surface area contributed by atoms with Crippen LogP contribution in [0.1, 0.15) is 34.8 Å². The molecule has 1 aliphatic rings. The molecule has 0 spiro atoms. The molecule has 4 rings (SSSR count). The summed E-state index contributed by atoms with van der Waals surface area (Å²) in [4.78, 5) is 27.4. The van der Waals surface area contributed by atoms with Crippen LogP contribution >= 0.6 is 11.5 Å². The minimum absolute atomic E-state index is 0.0537. The van der Waals surface area contributed by atoms with Crippen LogP contribution < -0.4 is 0 Å². The fourth-order valence-electron chi connectivity index (χ4n) is 3.30. The lowest BCUT2D eigenvalue weighted by Gasteiger charge is -2.33. The first-order chi connectivity index (χ1) is 12.3. The second kappa shape index (κ2) is 7.06. The molecule has 1 atom stereocenters. The van der Waals surface area contributed by atoms with Gasteiger partial charge in [0.1, 0.15) is 6.33 Å². The zero-order chi connectivity index (χ0) is 17.1. The average molecular weight is 351 g/mol. The molecule has 6 nitrogen and oxygen atoms in total. The Balaban J connectivity index is 1.61. The van der Waals surface area contributed by atoms with Gasteiger partial charge in [0.05, 0.1) is 17.5 Å². The minimum atomic E-state index is 0.0537. The molecule has 1 aliphatic heterocycles.